The van der Waals surface area contributed by atoms with Crippen LogP contribution in [0.25, 0.3) is 0 Å². The highest BCUT2D eigenvalue weighted by molar-refractivity contribution is 9.10. The molecule has 0 fully saturated rings. The molecule has 84 valence electrons. The number of rotatable bonds is 2. The Labute approximate surface area is 99.4 Å². The molecule has 2 aromatic heterocycles. The summed E-state index contributed by atoms with van der Waals surface area (Å²) in [6.45, 7) is 3.63. The Morgan fingerprint density at radius 1 is 1.44 bits per heavy atom. The van der Waals surface area contributed by atoms with Gasteiger partial charge in [-0.3, -0.25) is 4.79 Å². The highest BCUT2D eigenvalue weighted by atomic mass is 79.9. The number of aromatic nitrogens is 4. The van der Waals surface area contributed by atoms with E-state index in [2.05, 4.69) is 31.1 Å². The molecule has 0 unspecified atom stereocenters. The Morgan fingerprint density at radius 3 is 2.81 bits per heavy atom. The molecule has 6 nitrogen and oxygen atoms in total. The Balaban J connectivity index is 2.38. The predicted molar refractivity (Wildman–Crippen MR) is 59.1 cm³/mol. The smallest absolute Gasteiger partial charge is 0.272 e. The molecule has 0 saturated carbocycles. The third-order valence-corrected chi connectivity index (χ3v) is 2.36. The Hall–Kier alpha value is -1.50. The van der Waals surface area contributed by atoms with Gasteiger partial charge < -0.3 is 9.09 Å². The Morgan fingerprint density at radius 2 is 2.19 bits per heavy atom. The second-order valence-corrected chi connectivity index (χ2v) is 4.13. The van der Waals surface area contributed by atoms with Crippen LogP contribution in [0, 0.1) is 13.8 Å². The molecule has 16 heavy (non-hydrogen) atoms. The second-order valence-electron chi connectivity index (χ2n) is 3.32. The zero-order valence-corrected chi connectivity index (χ0v) is 10.4. The number of nitrogens with zero attached hydrogens (tertiary/aromatic N) is 4. The molecule has 2 rings (SSSR count). The summed E-state index contributed by atoms with van der Waals surface area (Å²) in [5, 5.41) is 3.66. The summed E-state index contributed by atoms with van der Waals surface area (Å²) >= 11 is 3.23. The lowest BCUT2D eigenvalue weighted by atomic mass is 10.4. The average molecular weight is 285 g/mol. The quantitative estimate of drug-likeness (QED) is 0.824. The minimum atomic E-state index is -0.168. The first-order chi connectivity index (χ1) is 7.56. The lowest BCUT2D eigenvalue weighted by Gasteiger charge is -2.03. The lowest BCUT2D eigenvalue weighted by Crippen LogP contribution is -2.23. The fourth-order valence-corrected chi connectivity index (χ4v) is 1.81. The molecule has 0 aliphatic rings. The van der Waals surface area contributed by atoms with Gasteiger partial charge in [-0.05, 0) is 29.8 Å². The van der Waals surface area contributed by atoms with Crippen molar-refractivity contribution >= 4 is 15.9 Å². The van der Waals surface area contributed by atoms with Gasteiger partial charge in [-0.1, -0.05) is 5.16 Å². The minimum absolute atomic E-state index is 0.168. The van der Waals surface area contributed by atoms with E-state index in [4.69, 9.17) is 4.52 Å². The molecule has 0 saturated heterocycles. The molecular formula is C9H9BrN4O2. The third kappa shape index (κ3) is 2.19. The van der Waals surface area contributed by atoms with Gasteiger partial charge in [0.05, 0.1) is 0 Å². The van der Waals surface area contributed by atoms with E-state index < -0.39 is 0 Å². The van der Waals surface area contributed by atoms with Gasteiger partial charge >= 0.3 is 0 Å². The van der Waals surface area contributed by atoms with Crippen molar-refractivity contribution in [3.8, 4) is 0 Å². The van der Waals surface area contributed by atoms with Crippen molar-refractivity contribution in [2.45, 2.75) is 20.4 Å². The van der Waals surface area contributed by atoms with E-state index in [0.717, 1.165) is 0 Å². The van der Waals surface area contributed by atoms with E-state index in [1.807, 2.05) is 0 Å². The Kier molecular flexibility index (Phi) is 2.86. The predicted octanol–water partition coefficient (Wildman–Crippen LogP) is 1.05. The van der Waals surface area contributed by atoms with Crippen molar-refractivity contribution in [2.75, 3.05) is 0 Å². The maximum Gasteiger partial charge on any atom is 0.272 e. The highest BCUT2D eigenvalue weighted by Crippen LogP contribution is 2.05. The summed E-state index contributed by atoms with van der Waals surface area (Å²) in [5.41, 5.74) is 0.254. The molecule has 0 aromatic carbocycles. The molecule has 2 aromatic rings. The van der Waals surface area contributed by atoms with Gasteiger partial charge in [0.15, 0.2) is 5.82 Å². The van der Waals surface area contributed by atoms with E-state index in [9.17, 15) is 4.79 Å². The van der Waals surface area contributed by atoms with Gasteiger partial charge in [-0.2, -0.15) is 4.98 Å². The van der Waals surface area contributed by atoms with E-state index in [-0.39, 0.29) is 12.1 Å². The zero-order chi connectivity index (χ0) is 11.7. The summed E-state index contributed by atoms with van der Waals surface area (Å²) in [6.07, 6.45) is 1.59. The maximum atomic E-state index is 11.7. The number of aryl methyl sites for hydroxylation is 2. The van der Waals surface area contributed by atoms with Crippen molar-refractivity contribution in [1.29, 1.82) is 0 Å². The molecule has 7 heteroatoms. The van der Waals surface area contributed by atoms with E-state index >= 15 is 0 Å². The van der Waals surface area contributed by atoms with Crippen molar-refractivity contribution in [3.63, 3.8) is 0 Å². The number of hydrogen-bond acceptors (Lipinski definition) is 5. The monoisotopic (exact) mass is 284 g/mol. The van der Waals surface area contributed by atoms with Crippen LogP contribution in [0.5, 0.6) is 0 Å². The van der Waals surface area contributed by atoms with Gasteiger partial charge in [0.2, 0.25) is 5.89 Å². The largest absolute Gasteiger partial charge is 0.337 e. The normalized spacial score (nSPS) is 10.7. The summed E-state index contributed by atoms with van der Waals surface area (Å²) in [6, 6.07) is 0. The second kappa shape index (κ2) is 4.17. The molecule has 0 aliphatic heterocycles. The summed E-state index contributed by atoms with van der Waals surface area (Å²) in [7, 11) is 0. The summed E-state index contributed by atoms with van der Waals surface area (Å²) < 4.78 is 7.02. The van der Waals surface area contributed by atoms with Crippen LogP contribution in [0.4, 0.5) is 0 Å². The fraction of sp³-hybridized carbons (Fsp3) is 0.333. The van der Waals surface area contributed by atoms with Gasteiger partial charge in [-0.15, -0.1) is 0 Å². The van der Waals surface area contributed by atoms with Crippen molar-refractivity contribution in [2.24, 2.45) is 0 Å². The molecule has 0 spiro atoms. The van der Waals surface area contributed by atoms with Crippen LogP contribution in [-0.2, 0) is 6.54 Å². The van der Waals surface area contributed by atoms with Crippen LogP contribution in [0.15, 0.2) is 20.1 Å². The number of hydrogen-bond donors (Lipinski definition) is 0. The van der Waals surface area contributed by atoms with Gasteiger partial charge in [0.25, 0.3) is 5.56 Å². The molecule has 0 aliphatic carbocycles. The van der Waals surface area contributed by atoms with Crippen LogP contribution >= 0.6 is 15.9 Å². The minimum Gasteiger partial charge on any atom is -0.337 e. The third-order valence-electron chi connectivity index (χ3n) is 1.98. The highest BCUT2D eigenvalue weighted by Gasteiger charge is 2.08. The van der Waals surface area contributed by atoms with Gasteiger partial charge in [0, 0.05) is 6.20 Å². The van der Waals surface area contributed by atoms with Crippen LogP contribution < -0.4 is 5.56 Å². The first-order valence-corrected chi connectivity index (χ1v) is 5.38. The maximum absolute atomic E-state index is 11.7. The molecule has 0 radical (unpaired) electrons. The van der Waals surface area contributed by atoms with Gasteiger partial charge in [-0.25, -0.2) is 4.98 Å². The van der Waals surface area contributed by atoms with E-state index in [0.29, 0.717) is 22.0 Å². The van der Waals surface area contributed by atoms with Crippen molar-refractivity contribution in [1.82, 2.24) is 19.7 Å². The van der Waals surface area contributed by atoms with Gasteiger partial charge in [0.1, 0.15) is 16.8 Å². The molecule has 0 atom stereocenters. The summed E-state index contributed by atoms with van der Waals surface area (Å²) in [5.74, 6) is 0.949. The molecule has 0 bridgehead atoms. The van der Waals surface area contributed by atoms with Crippen molar-refractivity contribution in [3.05, 3.63) is 38.6 Å². The number of halogens is 1. The lowest BCUT2D eigenvalue weighted by molar-refractivity contribution is 0.366. The Bertz CT molecular complexity index is 575. The van der Waals surface area contributed by atoms with Crippen LogP contribution in [-0.4, -0.2) is 19.7 Å². The van der Waals surface area contributed by atoms with Crippen molar-refractivity contribution < 1.29 is 4.52 Å². The molecule has 0 N–H and O–H groups in total. The molecule has 2 heterocycles. The molecular weight excluding hydrogens is 276 g/mol. The zero-order valence-electron chi connectivity index (χ0n) is 8.77. The first-order valence-electron chi connectivity index (χ1n) is 4.59. The average Bonchev–Trinajstić information content (AvgIpc) is 2.60. The first kappa shape index (κ1) is 11.0. The topological polar surface area (TPSA) is 73.8 Å². The van der Waals surface area contributed by atoms with Crippen LogP contribution in [0.3, 0.4) is 0 Å². The fourth-order valence-electron chi connectivity index (χ4n) is 1.30. The standard InChI is InChI=1S/C9H9BrN4O2/c1-5-9(15)14(3-7(10)11-5)4-8-12-6(2)13-16-8/h3H,4H2,1-2H3. The van der Waals surface area contributed by atoms with Crippen LogP contribution in [0.1, 0.15) is 17.4 Å². The van der Waals surface area contributed by atoms with E-state index in [1.54, 1.807) is 20.0 Å². The SMILES string of the molecule is Cc1noc(Cn2cc(Br)nc(C)c2=O)n1. The van der Waals surface area contributed by atoms with E-state index in [1.165, 1.54) is 4.57 Å². The molecule has 0 amide bonds. The van der Waals surface area contributed by atoms with Crippen LogP contribution in [0.2, 0.25) is 0 Å². The summed E-state index contributed by atoms with van der Waals surface area (Å²) in [4.78, 5) is 19.8.